The highest BCUT2D eigenvalue weighted by Gasteiger charge is 2.10. The lowest BCUT2D eigenvalue weighted by Gasteiger charge is -2.16. The molecule has 0 saturated heterocycles. The van der Waals surface area contributed by atoms with Crippen LogP contribution in [0.5, 0.6) is 0 Å². The minimum Gasteiger partial charge on any atom is -0.384 e. The zero-order valence-electron chi connectivity index (χ0n) is 11.0. The standard InChI is InChI=1S/C14H20N4/c1-3-4-5-11(2)18-10-16-9-13(18)12-6-7-14(15)17-8-12/h6-11H,3-5H2,1-2H3,(H2,15,17). The fourth-order valence-electron chi connectivity index (χ4n) is 2.07. The fourth-order valence-corrected chi connectivity index (χ4v) is 2.07. The summed E-state index contributed by atoms with van der Waals surface area (Å²) in [5.74, 6) is 0.545. The molecule has 0 aliphatic carbocycles. The predicted octanol–water partition coefficient (Wildman–Crippen LogP) is 3.28. The van der Waals surface area contributed by atoms with Crippen molar-refractivity contribution in [1.29, 1.82) is 0 Å². The average molecular weight is 244 g/mol. The summed E-state index contributed by atoms with van der Waals surface area (Å²) in [6.45, 7) is 4.44. The first-order chi connectivity index (χ1) is 8.72. The summed E-state index contributed by atoms with van der Waals surface area (Å²) < 4.78 is 2.21. The minimum absolute atomic E-state index is 0.458. The lowest BCUT2D eigenvalue weighted by molar-refractivity contribution is 0.488. The number of nitrogens with two attached hydrogens (primary N) is 1. The van der Waals surface area contributed by atoms with E-state index in [1.165, 1.54) is 19.3 Å². The minimum atomic E-state index is 0.458. The van der Waals surface area contributed by atoms with E-state index in [-0.39, 0.29) is 0 Å². The van der Waals surface area contributed by atoms with Crippen molar-refractivity contribution in [2.45, 2.75) is 39.2 Å². The van der Waals surface area contributed by atoms with Crippen molar-refractivity contribution < 1.29 is 0 Å². The molecule has 0 aliphatic rings. The summed E-state index contributed by atoms with van der Waals surface area (Å²) in [7, 11) is 0. The van der Waals surface area contributed by atoms with Crippen LogP contribution in [0.15, 0.2) is 30.9 Å². The highest BCUT2D eigenvalue weighted by atomic mass is 15.1. The maximum absolute atomic E-state index is 5.61. The summed E-state index contributed by atoms with van der Waals surface area (Å²) in [4.78, 5) is 8.39. The van der Waals surface area contributed by atoms with Crippen LogP contribution in [0.2, 0.25) is 0 Å². The number of nitrogens with zero attached hydrogens (tertiary/aromatic N) is 3. The second kappa shape index (κ2) is 5.67. The Balaban J connectivity index is 2.24. The number of imidazole rings is 1. The molecular formula is C14H20N4. The molecule has 0 fully saturated rings. The molecule has 2 rings (SSSR count). The Hall–Kier alpha value is -1.84. The third-order valence-electron chi connectivity index (χ3n) is 3.20. The number of unbranched alkanes of at least 4 members (excludes halogenated alkanes) is 1. The van der Waals surface area contributed by atoms with Crippen LogP contribution < -0.4 is 5.73 Å². The zero-order chi connectivity index (χ0) is 13.0. The number of aromatic nitrogens is 3. The SMILES string of the molecule is CCCCC(C)n1cncc1-c1ccc(N)nc1. The second-order valence-electron chi connectivity index (χ2n) is 4.65. The van der Waals surface area contributed by atoms with Gasteiger partial charge in [0.2, 0.25) is 0 Å². The summed E-state index contributed by atoms with van der Waals surface area (Å²) in [6, 6.07) is 4.27. The molecule has 0 radical (unpaired) electrons. The van der Waals surface area contributed by atoms with E-state index in [4.69, 9.17) is 5.73 Å². The molecule has 0 aliphatic heterocycles. The molecule has 1 atom stereocenters. The van der Waals surface area contributed by atoms with Gasteiger partial charge in [0, 0.05) is 17.8 Å². The molecule has 2 aromatic rings. The molecule has 18 heavy (non-hydrogen) atoms. The van der Waals surface area contributed by atoms with Gasteiger partial charge in [0.15, 0.2) is 0 Å². The molecule has 1 unspecified atom stereocenters. The molecule has 4 heteroatoms. The van der Waals surface area contributed by atoms with Gasteiger partial charge in [-0.1, -0.05) is 19.8 Å². The molecule has 2 aromatic heterocycles. The Morgan fingerprint density at radius 1 is 1.33 bits per heavy atom. The van der Waals surface area contributed by atoms with Crippen molar-refractivity contribution >= 4 is 5.82 Å². The van der Waals surface area contributed by atoms with Gasteiger partial charge in [0.1, 0.15) is 5.82 Å². The Kier molecular flexibility index (Phi) is 3.97. The highest BCUT2D eigenvalue weighted by molar-refractivity contribution is 5.59. The van der Waals surface area contributed by atoms with E-state index < -0.39 is 0 Å². The van der Waals surface area contributed by atoms with Crippen LogP contribution in [0, 0.1) is 0 Å². The maximum atomic E-state index is 5.61. The Bertz CT molecular complexity index is 487. The largest absolute Gasteiger partial charge is 0.384 e. The molecule has 0 aromatic carbocycles. The molecular weight excluding hydrogens is 224 g/mol. The van der Waals surface area contributed by atoms with Crippen molar-refractivity contribution in [3.05, 3.63) is 30.9 Å². The Morgan fingerprint density at radius 3 is 2.83 bits per heavy atom. The van der Waals surface area contributed by atoms with Crippen LogP contribution in [-0.2, 0) is 0 Å². The number of hydrogen-bond donors (Lipinski definition) is 1. The van der Waals surface area contributed by atoms with Gasteiger partial charge in [-0.25, -0.2) is 9.97 Å². The van der Waals surface area contributed by atoms with Crippen molar-refractivity contribution in [1.82, 2.24) is 14.5 Å². The van der Waals surface area contributed by atoms with Gasteiger partial charge in [0.25, 0.3) is 0 Å². The number of pyridine rings is 1. The van der Waals surface area contributed by atoms with Gasteiger partial charge in [-0.15, -0.1) is 0 Å². The lowest BCUT2D eigenvalue weighted by atomic mass is 10.1. The van der Waals surface area contributed by atoms with Gasteiger partial charge in [-0.2, -0.15) is 0 Å². The second-order valence-corrected chi connectivity index (χ2v) is 4.65. The summed E-state index contributed by atoms with van der Waals surface area (Å²) in [5, 5.41) is 0. The predicted molar refractivity (Wildman–Crippen MR) is 74.1 cm³/mol. The maximum Gasteiger partial charge on any atom is 0.123 e. The van der Waals surface area contributed by atoms with E-state index in [2.05, 4.69) is 28.4 Å². The van der Waals surface area contributed by atoms with E-state index in [1.54, 1.807) is 6.20 Å². The molecule has 2 N–H and O–H groups in total. The number of hydrogen-bond acceptors (Lipinski definition) is 3. The molecule has 4 nitrogen and oxygen atoms in total. The van der Waals surface area contributed by atoms with Gasteiger partial charge >= 0.3 is 0 Å². The number of rotatable bonds is 5. The molecule has 96 valence electrons. The molecule has 2 heterocycles. The fraction of sp³-hybridized carbons (Fsp3) is 0.429. The third kappa shape index (κ3) is 2.70. The van der Waals surface area contributed by atoms with Gasteiger partial charge in [-0.05, 0) is 25.5 Å². The lowest BCUT2D eigenvalue weighted by Crippen LogP contribution is -2.05. The number of anilines is 1. The van der Waals surface area contributed by atoms with Crippen LogP contribution in [0.4, 0.5) is 5.82 Å². The van der Waals surface area contributed by atoms with Crippen molar-refractivity contribution in [3.8, 4) is 11.3 Å². The van der Waals surface area contributed by atoms with Crippen LogP contribution in [0.3, 0.4) is 0 Å². The number of nitrogen functional groups attached to an aromatic ring is 1. The highest BCUT2D eigenvalue weighted by Crippen LogP contribution is 2.24. The first-order valence-corrected chi connectivity index (χ1v) is 6.46. The first kappa shape index (κ1) is 12.6. The van der Waals surface area contributed by atoms with E-state index in [0.29, 0.717) is 11.9 Å². The average Bonchev–Trinajstić information content (AvgIpc) is 2.86. The van der Waals surface area contributed by atoms with E-state index in [1.807, 2.05) is 24.7 Å². The smallest absolute Gasteiger partial charge is 0.123 e. The quantitative estimate of drug-likeness (QED) is 0.878. The summed E-state index contributed by atoms with van der Waals surface area (Å²) in [6.07, 6.45) is 9.20. The Morgan fingerprint density at radius 2 is 2.17 bits per heavy atom. The van der Waals surface area contributed by atoms with E-state index in [0.717, 1.165) is 11.3 Å². The monoisotopic (exact) mass is 244 g/mol. The Labute approximate surface area is 108 Å². The van der Waals surface area contributed by atoms with Crippen molar-refractivity contribution in [2.75, 3.05) is 5.73 Å². The van der Waals surface area contributed by atoms with Crippen LogP contribution in [0.1, 0.15) is 39.2 Å². The first-order valence-electron chi connectivity index (χ1n) is 6.46. The zero-order valence-corrected chi connectivity index (χ0v) is 11.0. The molecule has 0 bridgehead atoms. The third-order valence-corrected chi connectivity index (χ3v) is 3.20. The summed E-state index contributed by atoms with van der Waals surface area (Å²) >= 11 is 0. The van der Waals surface area contributed by atoms with E-state index in [9.17, 15) is 0 Å². The van der Waals surface area contributed by atoms with Crippen LogP contribution >= 0.6 is 0 Å². The van der Waals surface area contributed by atoms with Crippen LogP contribution in [0.25, 0.3) is 11.3 Å². The van der Waals surface area contributed by atoms with Gasteiger partial charge in [0.05, 0.1) is 18.2 Å². The van der Waals surface area contributed by atoms with Gasteiger partial charge < -0.3 is 10.3 Å². The topological polar surface area (TPSA) is 56.7 Å². The normalized spacial score (nSPS) is 12.6. The molecule has 0 amide bonds. The van der Waals surface area contributed by atoms with Crippen molar-refractivity contribution in [2.24, 2.45) is 0 Å². The van der Waals surface area contributed by atoms with Crippen LogP contribution in [-0.4, -0.2) is 14.5 Å². The molecule has 0 saturated carbocycles. The van der Waals surface area contributed by atoms with E-state index >= 15 is 0 Å². The molecule has 0 spiro atoms. The van der Waals surface area contributed by atoms with Crippen molar-refractivity contribution in [3.63, 3.8) is 0 Å². The summed E-state index contributed by atoms with van der Waals surface area (Å²) in [5.41, 5.74) is 7.77. The van der Waals surface area contributed by atoms with Gasteiger partial charge in [-0.3, -0.25) is 0 Å².